The van der Waals surface area contributed by atoms with Crippen molar-refractivity contribution in [2.24, 2.45) is 0 Å². The Hall–Kier alpha value is -3.42. The van der Waals surface area contributed by atoms with Gasteiger partial charge in [0.1, 0.15) is 17.3 Å². The van der Waals surface area contributed by atoms with E-state index in [1.54, 1.807) is 18.2 Å². The third kappa shape index (κ3) is 6.43. The molecule has 2 amide bonds. The molecule has 0 spiro atoms. The minimum Gasteiger partial charge on any atom is -0.484 e. The summed E-state index contributed by atoms with van der Waals surface area (Å²) in [5.41, 5.74) is 4.87. The molecule has 2 rings (SSSR count). The Morgan fingerprint density at radius 2 is 1.74 bits per heavy atom. The molecule has 0 aromatic heterocycles. The first kappa shape index (κ1) is 19.9. The number of Topliss-reactive ketones (excluding diaryl/α,β-unsaturated/α-hetero) is 1. The van der Waals surface area contributed by atoms with Crippen LogP contribution < -0.4 is 20.3 Å². The Bertz CT molecular complexity index is 823. The van der Waals surface area contributed by atoms with E-state index in [2.05, 4.69) is 10.9 Å². The number of nitrogens with one attached hydrogen (secondary N) is 2. The van der Waals surface area contributed by atoms with Gasteiger partial charge in [-0.15, -0.1) is 0 Å². The fourth-order valence-corrected chi connectivity index (χ4v) is 1.99. The zero-order valence-corrected chi connectivity index (χ0v) is 14.8. The number of rotatable bonds is 7. The first-order valence-corrected chi connectivity index (χ1v) is 8.10. The van der Waals surface area contributed by atoms with Crippen LogP contribution in [0.4, 0.5) is 4.39 Å². The third-order valence-electron chi connectivity index (χ3n) is 3.43. The predicted octanol–water partition coefficient (Wildman–Crippen LogP) is 2.02. The molecule has 0 aliphatic rings. The third-order valence-corrected chi connectivity index (χ3v) is 3.43. The van der Waals surface area contributed by atoms with Crippen molar-refractivity contribution in [2.45, 2.75) is 20.0 Å². The van der Waals surface area contributed by atoms with Crippen molar-refractivity contribution in [1.82, 2.24) is 10.9 Å². The molecule has 1 atom stereocenters. The van der Waals surface area contributed by atoms with Crippen molar-refractivity contribution in [3.63, 3.8) is 0 Å². The van der Waals surface area contributed by atoms with Gasteiger partial charge in [0, 0.05) is 5.56 Å². The molecule has 0 unspecified atom stereocenters. The highest BCUT2D eigenvalue weighted by Gasteiger charge is 2.15. The van der Waals surface area contributed by atoms with Gasteiger partial charge in [0.05, 0.1) is 0 Å². The molecule has 0 saturated heterocycles. The first-order chi connectivity index (χ1) is 12.8. The number of carbonyl (C=O) groups excluding carboxylic acids is 3. The smallest absolute Gasteiger partial charge is 0.279 e. The predicted molar refractivity (Wildman–Crippen MR) is 94.7 cm³/mol. The number of amides is 2. The molecule has 2 N–H and O–H groups in total. The summed E-state index contributed by atoms with van der Waals surface area (Å²) in [6.07, 6.45) is -0.913. The van der Waals surface area contributed by atoms with Gasteiger partial charge in [-0.05, 0) is 50.2 Å². The van der Waals surface area contributed by atoms with Crippen LogP contribution in [0, 0.1) is 5.82 Å². The molecule has 0 aliphatic carbocycles. The number of hydrogen-bond donors (Lipinski definition) is 2. The molecule has 2 aromatic rings. The van der Waals surface area contributed by atoms with Crippen LogP contribution in [0.25, 0.3) is 0 Å². The molecule has 0 fully saturated rings. The number of hydrazine groups is 1. The summed E-state index contributed by atoms with van der Waals surface area (Å²) >= 11 is 0. The fraction of sp³-hybridized carbons (Fsp3) is 0.211. The van der Waals surface area contributed by atoms with Crippen LogP contribution >= 0.6 is 0 Å². The average Bonchev–Trinajstić information content (AvgIpc) is 2.66. The van der Waals surface area contributed by atoms with Gasteiger partial charge < -0.3 is 9.47 Å². The Labute approximate surface area is 155 Å². The highest BCUT2D eigenvalue weighted by Crippen LogP contribution is 2.14. The Balaban J connectivity index is 1.75. The van der Waals surface area contributed by atoms with E-state index in [-0.39, 0.29) is 12.4 Å². The van der Waals surface area contributed by atoms with Crippen molar-refractivity contribution < 1.29 is 28.2 Å². The monoisotopic (exact) mass is 374 g/mol. The largest absolute Gasteiger partial charge is 0.484 e. The summed E-state index contributed by atoms with van der Waals surface area (Å²) in [4.78, 5) is 35.0. The second-order valence-corrected chi connectivity index (χ2v) is 5.62. The summed E-state index contributed by atoms with van der Waals surface area (Å²) < 4.78 is 23.4. The van der Waals surface area contributed by atoms with Crippen LogP contribution in [-0.4, -0.2) is 30.3 Å². The Morgan fingerprint density at radius 1 is 1.04 bits per heavy atom. The number of halogens is 1. The maximum atomic E-state index is 12.8. The lowest BCUT2D eigenvalue weighted by atomic mass is 10.1. The van der Waals surface area contributed by atoms with E-state index in [1.807, 2.05) is 0 Å². The summed E-state index contributed by atoms with van der Waals surface area (Å²) in [5.74, 6) is -1.04. The molecule has 0 bridgehead atoms. The summed E-state index contributed by atoms with van der Waals surface area (Å²) in [5, 5.41) is 0. The molecule has 0 radical (unpaired) electrons. The fourth-order valence-electron chi connectivity index (χ4n) is 1.99. The van der Waals surface area contributed by atoms with E-state index in [4.69, 9.17) is 9.47 Å². The molecule has 142 valence electrons. The zero-order chi connectivity index (χ0) is 19.8. The van der Waals surface area contributed by atoms with Crippen molar-refractivity contribution in [2.75, 3.05) is 6.61 Å². The van der Waals surface area contributed by atoms with Crippen molar-refractivity contribution >= 4 is 17.6 Å². The van der Waals surface area contributed by atoms with Crippen LogP contribution in [0.5, 0.6) is 11.5 Å². The first-order valence-electron chi connectivity index (χ1n) is 8.10. The molecular weight excluding hydrogens is 355 g/mol. The summed E-state index contributed by atoms with van der Waals surface area (Å²) in [6, 6.07) is 11.6. The van der Waals surface area contributed by atoms with Crippen molar-refractivity contribution in [1.29, 1.82) is 0 Å². The van der Waals surface area contributed by atoms with E-state index in [1.165, 1.54) is 44.2 Å². The van der Waals surface area contributed by atoms with Gasteiger partial charge in [-0.2, -0.15) is 0 Å². The number of ketones is 1. The van der Waals surface area contributed by atoms with Crippen LogP contribution in [0.2, 0.25) is 0 Å². The number of hydrogen-bond acceptors (Lipinski definition) is 5. The van der Waals surface area contributed by atoms with E-state index in [0.717, 1.165) is 0 Å². The number of carbonyl (C=O) groups is 3. The minimum atomic E-state index is -0.913. The molecule has 8 heteroatoms. The molecule has 0 heterocycles. The van der Waals surface area contributed by atoms with Gasteiger partial charge in [-0.1, -0.05) is 12.1 Å². The van der Waals surface area contributed by atoms with E-state index in [0.29, 0.717) is 17.1 Å². The lowest BCUT2D eigenvalue weighted by molar-refractivity contribution is -0.133. The van der Waals surface area contributed by atoms with Crippen molar-refractivity contribution in [3.8, 4) is 11.5 Å². The van der Waals surface area contributed by atoms with Crippen LogP contribution in [0.15, 0.2) is 48.5 Å². The quantitative estimate of drug-likeness (QED) is 0.571. The standard InChI is InChI=1S/C19H19FN2O5/c1-12(23)14-4-3-5-17(10-14)26-11-18(24)21-22-19(25)13(2)27-16-8-6-15(20)7-9-16/h3-10,13H,11H2,1-2H3,(H,21,24)(H,22,25)/t13-/m0/s1. The maximum absolute atomic E-state index is 12.8. The highest BCUT2D eigenvalue weighted by atomic mass is 19.1. The molecule has 2 aromatic carbocycles. The second-order valence-electron chi connectivity index (χ2n) is 5.62. The lowest BCUT2D eigenvalue weighted by Gasteiger charge is -2.15. The second kappa shape index (κ2) is 9.33. The molecular formula is C19H19FN2O5. The van der Waals surface area contributed by atoms with Crippen LogP contribution in [-0.2, 0) is 9.59 Å². The topological polar surface area (TPSA) is 93.7 Å². The van der Waals surface area contributed by atoms with Gasteiger partial charge >= 0.3 is 0 Å². The maximum Gasteiger partial charge on any atom is 0.279 e. The van der Waals surface area contributed by atoms with E-state index in [9.17, 15) is 18.8 Å². The normalized spacial score (nSPS) is 11.2. The van der Waals surface area contributed by atoms with Crippen LogP contribution in [0.3, 0.4) is 0 Å². The minimum absolute atomic E-state index is 0.118. The number of benzene rings is 2. The van der Waals surface area contributed by atoms with E-state index >= 15 is 0 Å². The summed E-state index contributed by atoms with van der Waals surface area (Å²) in [7, 11) is 0. The molecule has 0 aliphatic heterocycles. The van der Waals surface area contributed by atoms with Crippen LogP contribution in [0.1, 0.15) is 24.2 Å². The highest BCUT2D eigenvalue weighted by molar-refractivity contribution is 5.94. The van der Waals surface area contributed by atoms with Gasteiger partial charge in [-0.25, -0.2) is 4.39 Å². The SMILES string of the molecule is CC(=O)c1cccc(OCC(=O)NNC(=O)[C@H](C)Oc2ccc(F)cc2)c1. The van der Waals surface area contributed by atoms with E-state index < -0.39 is 23.7 Å². The van der Waals surface area contributed by atoms with Gasteiger partial charge in [0.15, 0.2) is 18.5 Å². The van der Waals surface area contributed by atoms with Gasteiger partial charge in [-0.3, -0.25) is 25.2 Å². The van der Waals surface area contributed by atoms with Crippen molar-refractivity contribution in [3.05, 3.63) is 59.9 Å². The Morgan fingerprint density at radius 3 is 2.41 bits per heavy atom. The summed E-state index contributed by atoms with van der Waals surface area (Å²) in [6.45, 7) is 2.56. The molecule has 27 heavy (non-hydrogen) atoms. The Kier molecular flexibility index (Phi) is 6.87. The van der Waals surface area contributed by atoms with Gasteiger partial charge in [0.2, 0.25) is 0 Å². The van der Waals surface area contributed by atoms with Gasteiger partial charge in [0.25, 0.3) is 11.8 Å². The number of ether oxygens (including phenoxy) is 2. The molecule has 0 saturated carbocycles. The molecule has 7 nitrogen and oxygen atoms in total. The lowest BCUT2D eigenvalue weighted by Crippen LogP contribution is -2.48. The zero-order valence-electron chi connectivity index (χ0n) is 14.8. The average molecular weight is 374 g/mol.